The molecule has 0 aliphatic rings. The summed E-state index contributed by atoms with van der Waals surface area (Å²) in [5.74, 6) is -0.652. The number of nitrogens with two attached hydrogens (primary N) is 1. The minimum atomic E-state index is -4.89. The lowest BCUT2D eigenvalue weighted by Crippen LogP contribution is -2.42. The molecule has 34 heavy (non-hydrogen) atoms. The highest BCUT2D eigenvalue weighted by Gasteiger charge is 2.55. The van der Waals surface area contributed by atoms with E-state index in [1.165, 1.54) is 22.2 Å². The van der Waals surface area contributed by atoms with E-state index in [4.69, 9.17) is 5.73 Å². The summed E-state index contributed by atoms with van der Waals surface area (Å²) in [5, 5.41) is 17.3. The van der Waals surface area contributed by atoms with Gasteiger partial charge >= 0.3 is 6.18 Å². The zero-order valence-electron chi connectivity index (χ0n) is 18.2. The molecule has 1 atom stereocenters. The number of pyridine rings is 2. The Labute approximate surface area is 190 Å². The largest absolute Gasteiger partial charge is 0.423 e. The Bertz CT molecular complexity index is 1450. The SMILES string of the molecule is CCC(O)(c1cn(Cc2ccn3c(-c4ccc(=O)n(C)c4)c(C(N)=O)cc3c2)nn1)C(F)(F)F. The van der Waals surface area contributed by atoms with Crippen molar-refractivity contribution in [1.29, 1.82) is 0 Å². The van der Waals surface area contributed by atoms with Gasteiger partial charge in [-0.3, -0.25) is 9.59 Å². The van der Waals surface area contributed by atoms with Crippen LogP contribution in [0, 0.1) is 0 Å². The molecule has 1 unspecified atom stereocenters. The number of hydrogen-bond acceptors (Lipinski definition) is 5. The van der Waals surface area contributed by atoms with Gasteiger partial charge in [-0.1, -0.05) is 12.1 Å². The minimum Gasteiger partial charge on any atom is -0.375 e. The van der Waals surface area contributed by atoms with Crippen LogP contribution in [0.5, 0.6) is 0 Å². The van der Waals surface area contributed by atoms with E-state index in [0.29, 0.717) is 22.3 Å². The molecular weight excluding hydrogens is 453 g/mol. The fraction of sp³-hybridized carbons (Fsp3) is 0.273. The van der Waals surface area contributed by atoms with E-state index in [0.717, 1.165) is 6.20 Å². The van der Waals surface area contributed by atoms with Crippen molar-refractivity contribution in [2.75, 3.05) is 0 Å². The zero-order valence-corrected chi connectivity index (χ0v) is 18.2. The molecule has 4 heterocycles. The Morgan fingerprint density at radius 1 is 1.18 bits per heavy atom. The lowest BCUT2D eigenvalue weighted by molar-refractivity contribution is -0.269. The van der Waals surface area contributed by atoms with Crippen LogP contribution in [0.4, 0.5) is 13.2 Å². The number of carbonyl (C=O) groups excluding carboxylic acids is 1. The summed E-state index contributed by atoms with van der Waals surface area (Å²) in [7, 11) is 1.59. The van der Waals surface area contributed by atoms with Crippen LogP contribution in [0.1, 0.15) is 35.0 Å². The van der Waals surface area contributed by atoms with Gasteiger partial charge in [0.25, 0.3) is 5.91 Å². The summed E-state index contributed by atoms with van der Waals surface area (Å²) < 4.78 is 44.2. The standard InChI is InChI=1S/C22H21F3N6O3/c1-3-21(34,22(23,24)25)17-12-30(28-27-17)10-13-6-7-31-15(8-13)9-16(20(26)33)19(31)14-4-5-18(32)29(2)11-14/h4-9,11-12,34H,3,10H2,1-2H3,(H2,26,33). The lowest BCUT2D eigenvalue weighted by Gasteiger charge is -2.26. The smallest absolute Gasteiger partial charge is 0.375 e. The van der Waals surface area contributed by atoms with Crippen molar-refractivity contribution >= 4 is 11.4 Å². The second kappa shape index (κ2) is 8.13. The molecule has 0 saturated carbocycles. The second-order valence-corrected chi connectivity index (χ2v) is 7.98. The first kappa shape index (κ1) is 23.2. The van der Waals surface area contributed by atoms with Gasteiger partial charge in [0, 0.05) is 36.6 Å². The van der Waals surface area contributed by atoms with E-state index < -0.39 is 29.8 Å². The predicted octanol–water partition coefficient (Wildman–Crippen LogP) is 2.20. The van der Waals surface area contributed by atoms with Gasteiger partial charge in [-0.15, -0.1) is 5.10 Å². The number of aromatic nitrogens is 5. The molecule has 0 aliphatic carbocycles. The van der Waals surface area contributed by atoms with Crippen LogP contribution in [-0.4, -0.2) is 41.2 Å². The lowest BCUT2D eigenvalue weighted by atomic mass is 9.96. The molecule has 1 amide bonds. The van der Waals surface area contributed by atoms with E-state index in [1.54, 1.807) is 48.1 Å². The van der Waals surface area contributed by atoms with Crippen LogP contribution < -0.4 is 11.3 Å². The molecule has 4 rings (SSSR count). The average Bonchev–Trinajstić information content (AvgIpc) is 3.39. The molecule has 0 aliphatic heterocycles. The summed E-state index contributed by atoms with van der Waals surface area (Å²) in [6, 6.07) is 8.01. The maximum Gasteiger partial charge on any atom is 0.423 e. The third-order valence-electron chi connectivity index (χ3n) is 5.75. The molecular formula is C22H21F3N6O3. The van der Waals surface area contributed by atoms with E-state index in [-0.39, 0.29) is 17.7 Å². The maximum absolute atomic E-state index is 13.3. The first-order valence-corrected chi connectivity index (χ1v) is 10.2. The number of halogens is 3. The molecule has 0 saturated heterocycles. The number of hydrogen-bond donors (Lipinski definition) is 2. The number of rotatable bonds is 6. The van der Waals surface area contributed by atoms with Gasteiger partial charge in [-0.2, -0.15) is 13.2 Å². The molecule has 0 bridgehead atoms. The number of alkyl halides is 3. The van der Waals surface area contributed by atoms with Crippen LogP contribution >= 0.6 is 0 Å². The van der Waals surface area contributed by atoms with Gasteiger partial charge in [0.2, 0.25) is 11.2 Å². The fourth-order valence-corrected chi connectivity index (χ4v) is 3.82. The normalized spacial score (nSPS) is 13.8. The first-order valence-electron chi connectivity index (χ1n) is 10.2. The number of aryl methyl sites for hydroxylation is 1. The Hall–Kier alpha value is -3.93. The van der Waals surface area contributed by atoms with Crippen LogP contribution in [0.2, 0.25) is 0 Å². The number of aliphatic hydroxyl groups is 1. The average molecular weight is 474 g/mol. The molecule has 4 aromatic rings. The molecule has 0 fully saturated rings. The van der Waals surface area contributed by atoms with Crippen LogP contribution in [0.15, 0.2) is 53.7 Å². The third kappa shape index (κ3) is 3.85. The molecule has 12 heteroatoms. The van der Waals surface area contributed by atoms with Crippen LogP contribution in [0.3, 0.4) is 0 Å². The van der Waals surface area contributed by atoms with Gasteiger partial charge in [-0.25, -0.2) is 4.68 Å². The van der Waals surface area contributed by atoms with Gasteiger partial charge in [0.05, 0.1) is 24.0 Å². The minimum absolute atomic E-state index is 0.0768. The van der Waals surface area contributed by atoms with Gasteiger partial charge in [0.15, 0.2) is 0 Å². The fourth-order valence-electron chi connectivity index (χ4n) is 3.82. The van der Waals surface area contributed by atoms with E-state index in [9.17, 15) is 27.9 Å². The molecule has 0 radical (unpaired) electrons. The highest BCUT2D eigenvalue weighted by Crippen LogP contribution is 2.40. The molecule has 0 aromatic carbocycles. The number of amides is 1. The van der Waals surface area contributed by atoms with Crippen molar-refractivity contribution in [3.63, 3.8) is 0 Å². The number of carbonyl (C=O) groups is 1. The monoisotopic (exact) mass is 474 g/mol. The van der Waals surface area contributed by atoms with Crippen molar-refractivity contribution in [2.45, 2.75) is 31.7 Å². The highest BCUT2D eigenvalue weighted by molar-refractivity contribution is 6.01. The summed E-state index contributed by atoms with van der Waals surface area (Å²) in [6.07, 6.45) is -1.15. The summed E-state index contributed by atoms with van der Waals surface area (Å²) in [5.41, 5.74) is 4.33. The Morgan fingerprint density at radius 3 is 2.53 bits per heavy atom. The van der Waals surface area contributed by atoms with Crippen LogP contribution in [-0.2, 0) is 19.2 Å². The molecule has 178 valence electrons. The summed E-state index contributed by atoms with van der Waals surface area (Å²) >= 11 is 0. The van der Waals surface area contributed by atoms with Gasteiger partial charge in [0.1, 0.15) is 5.69 Å². The van der Waals surface area contributed by atoms with E-state index in [2.05, 4.69) is 10.3 Å². The zero-order chi connectivity index (χ0) is 24.8. The van der Waals surface area contributed by atoms with Crippen molar-refractivity contribution in [3.8, 4) is 11.3 Å². The Morgan fingerprint density at radius 2 is 1.91 bits per heavy atom. The first-order chi connectivity index (χ1) is 15.9. The third-order valence-corrected chi connectivity index (χ3v) is 5.75. The van der Waals surface area contributed by atoms with Crippen molar-refractivity contribution < 1.29 is 23.1 Å². The predicted molar refractivity (Wildman–Crippen MR) is 116 cm³/mol. The topological polar surface area (TPSA) is 120 Å². The summed E-state index contributed by atoms with van der Waals surface area (Å²) in [6.45, 7) is 1.29. The van der Waals surface area contributed by atoms with Gasteiger partial charge < -0.3 is 19.8 Å². The number of primary amides is 1. The van der Waals surface area contributed by atoms with Gasteiger partial charge in [-0.05, 0) is 36.2 Å². The van der Waals surface area contributed by atoms with E-state index >= 15 is 0 Å². The van der Waals surface area contributed by atoms with Crippen LogP contribution in [0.25, 0.3) is 16.8 Å². The quantitative estimate of drug-likeness (QED) is 0.444. The number of nitrogens with zero attached hydrogens (tertiary/aromatic N) is 5. The maximum atomic E-state index is 13.3. The molecule has 3 N–H and O–H groups in total. The summed E-state index contributed by atoms with van der Waals surface area (Å²) in [4.78, 5) is 23.9. The Kier molecular flexibility index (Phi) is 5.56. The molecule has 4 aromatic heterocycles. The van der Waals surface area contributed by atoms with Crippen molar-refractivity contribution in [1.82, 2.24) is 24.0 Å². The second-order valence-electron chi connectivity index (χ2n) is 7.98. The van der Waals surface area contributed by atoms with E-state index in [1.807, 2.05) is 0 Å². The molecule has 9 nitrogen and oxygen atoms in total. The number of fused-ring (bicyclic) bond motifs is 1. The highest BCUT2D eigenvalue weighted by atomic mass is 19.4. The van der Waals surface area contributed by atoms with Crippen molar-refractivity contribution in [2.24, 2.45) is 12.8 Å². The van der Waals surface area contributed by atoms with Crippen molar-refractivity contribution in [3.05, 3.63) is 76.1 Å². The Balaban J connectivity index is 1.72. The molecule has 0 spiro atoms.